The molecule has 3 N–H and O–H groups in total. The van der Waals surface area contributed by atoms with Gasteiger partial charge in [0.2, 0.25) is 12.3 Å². The summed E-state index contributed by atoms with van der Waals surface area (Å²) in [5.41, 5.74) is 7.78. The van der Waals surface area contributed by atoms with E-state index in [1.165, 1.54) is 38.8 Å². The number of pyridine rings is 1. The van der Waals surface area contributed by atoms with Gasteiger partial charge in [-0.15, -0.1) is 12.8 Å². The number of para-hydroxylation sites is 1. The van der Waals surface area contributed by atoms with Gasteiger partial charge in [-0.3, -0.25) is 9.59 Å². The van der Waals surface area contributed by atoms with Crippen molar-refractivity contribution in [2.75, 3.05) is 20.2 Å². The molecule has 0 atom stereocenters. The molecule has 2 fully saturated rings. The summed E-state index contributed by atoms with van der Waals surface area (Å²) in [7, 11) is 1.64. The van der Waals surface area contributed by atoms with E-state index in [1.807, 2.05) is 51.2 Å². The molecular formula is C37H57N5O3. The Bertz CT molecular complexity index is 1270. The number of imidazole rings is 1. The number of rotatable bonds is 11. The van der Waals surface area contributed by atoms with Gasteiger partial charge in [0.25, 0.3) is 0 Å². The minimum Gasteiger partial charge on any atom is -0.480 e. The van der Waals surface area contributed by atoms with Gasteiger partial charge < -0.3 is 20.4 Å². The van der Waals surface area contributed by atoms with Crippen molar-refractivity contribution in [3.8, 4) is 30.0 Å². The minimum absolute atomic E-state index is 0.250. The van der Waals surface area contributed by atoms with E-state index < -0.39 is 0 Å². The van der Waals surface area contributed by atoms with Crippen LogP contribution >= 0.6 is 0 Å². The Kier molecular flexibility index (Phi) is 19.1. The summed E-state index contributed by atoms with van der Waals surface area (Å²) in [5, 5.41) is 1.08. The number of H-pyrrole nitrogens is 1. The summed E-state index contributed by atoms with van der Waals surface area (Å²) >= 11 is 0. The van der Waals surface area contributed by atoms with E-state index in [0.717, 1.165) is 78.0 Å². The Morgan fingerprint density at radius 3 is 2.29 bits per heavy atom. The largest absolute Gasteiger partial charge is 0.480 e. The Balaban J connectivity index is 0.000000463. The van der Waals surface area contributed by atoms with E-state index in [1.54, 1.807) is 7.11 Å². The van der Waals surface area contributed by atoms with E-state index >= 15 is 0 Å². The van der Waals surface area contributed by atoms with Gasteiger partial charge in [0.1, 0.15) is 11.6 Å². The predicted octanol–water partition coefficient (Wildman–Crippen LogP) is 7.75. The number of ketones is 1. The lowest BCUT2D eigenvalue weighted by molar-refractivity contribution is -0.118. The van der Waals surface area contributed by atoms with Crippen LogP contribution in [-0.2, 0) is 16.0 Å². The van der Waals surface area contributed by atoms with Crippen molar-refractivity contribution in [1.29, 1.82) is 0 Å². The molecule has 248 valence electrons. The number of amides is 1. The van der Waals surface area contributed by atoms with Crippen molar-refractivity contribution in [2.45, 2.75) is 111 Å². The minimum atomic E-state index is 0.250. The zero-order valence-corrected chi connectivity index (χ0v) is 28.6. The number of nitrogens with one attached hydrogen (secondary N) is 1. The number of aryl methyl sites for hydroxylation is 1. The molecule has 8 nitrogen and oxygen atoms in total. The van der Waals surface area contributed by atoms with Crippen molar-refractivity contribution in [3.05, 3.63) is 42.4 Å². The standard InChI is InChI=1S/C22H27N3O2.C10H19N.C2H6.C2H2.CH3NO/c1-3-17(26)11-6-4-5-7-13-21-23-15-20(24-21)18-14-16-10-8-9-12-19(16)25-22(18)27-2;1-9(2)11-7-5-10(3-4-10)6-8-11;2*1-2;2-1-3/h8-10,12,14-15H,3-7,11,13H2,1-2H3,(H,23,24);9H,3-8H2,1-2H3;1-2H3;1-2H;1H,(H2,2,3). The van der Waals surface area contributed by atoms with E-state index in [2.05, 4.69) is 58.3 Å². The third kappa shape index (κ3) is 13.4. The summed E-state index contributed by atoms with van der Waals surface area (Å²) in [6.07, 6.45) is 22.7. The lowest BCUT2D eigenvalue weighted by Gasteiger charge is -2.34. The molecule has 2 aliphatic rings. The second-order valence-electron chi connectivity index (χ2n) is 11.6. The fraction of sp³-hybridized carbons (Fsp3) is 0.568. The molecule has 1 saturated carbocycles. The zero-order chi connectivity index (χ0) is 33.7. The lowest BCUT2D eigenvalue weighted by atomic mass is 9.93. The summed E-state index contributed by atoms with van der Waals surface area (Å²) in [6, 6.07) is 10.9. The average molecular weight is 620 g/mol. The summed E-state index contributed by atoms with van der Waals surface area (Å²) in [4.78, 5) is 35.0. The van der Waals surface area contributed by atoms with Crippen molar-refractivity contribution >= 4 is 23.1 Å². The molecule has 1 aliphatic heterocycles. The number of aromatic amines is 1. The van der Waals surface area contributed by atoms with Gasteiger partial charge in [0.05, 0.1) is 30.1 Å². The number of nitrogens with zero attached hydrogens (tertiary/aromatic N) is 3. The summed E-state index contributed by atoms with van der Waals surface area (Å²) < 4.78 is 5.48. The summed E-state index contributed by atoms with van der Waals surface area (Å²) in [5.74, 6) is 1.94. The van der Waals surface area contributed by atoms with E-state index in [9.17, 15) is 4.79 Å². The Hall–Kier alpha value is -3.70. The number of likely N-dealkylation sites (tertiary alicyclic amines) is 1. The molecule has 0 bridgehead atoms. The quantitative estimate of drug-likeness (QED) is 0.129. The first-order valence-electron chi connectivity index (χ1n) is 16.6. The first kappa shape index (κ1) is 39.3. The van der Waals surface area contributed by atoms with Gasteiger partial charge in [-0.25, -0.2) is 9.97 Å². The second-order valence-corrected chi connectivity index (χ2v) is 11.6. The van der Waals surface area contributed by atoms with Crippen LogP contribution in [-0.4, -0.2) is 58.3 Å². The highest BCUT2D eigenvalue weighted by molar-refractivity contribution is 5.85. The number of hydrogen-bond donors (Lipinski definition) is 2. The number of primary amides is 1. The molecule has 1 aliphatic carbocycles. The molecule has 1 saturated heterocycles. The number of hydrogen-bond acceptors (Lipinski definition) is 6. The second kappa shape index (κ2) is 21.9. The Morgan fingerprint density at radius 2 is 1.71 bits per heavy atom. The maximum atomic E-state index is 11.3. The van der Waals surface area contributed by atoms with Crippen LogP contribution in [0.2, 0.25) is 0 Å². The fourth-order valence-electron chi connectivity index (χ4n) is 5.41. The first-order chi connectivity index (χ1) is 21.8. The van der Waals surface area contributed by atoms with E-state index in [4.69, 9.17) is 9.53 Å². The number of ether oxygens (including phenoxy) is 1. The number of unbranched alkanes of at least 4 members (excludes halogenated alkanes) is 3. The van der Waals surface area contributed by atoms with Crippen LogP contribution in [0.3, 0.4) is 0 Å². The van der Waals surface area contributed by atoms with E-state index in [-0.39, 0.29) is 6.41 Å². The molecule has 0 unspecified atom stereocenters. The van der Waals surface area contributed by atoms with Gasteiger partial charge in [-0.2, -0.15) is 0 Å². The number of Topliss-reactive ketones (excluding diaryl/α,β-unsaturated/α-hetero) is 1. The smallest absolute Gasteiger partial charge is 0.223 e. The summed E-state index contributed by atoms with van der Waals surface area (Å²) in [6.45, 7) is 13.3. The Morgan fingerprint density at radius 1 is 1.09 bits per heavy atom. The molecule has 1 aromatic carbocycles. The van der Waals surface area contributed by atoms with Gasteiger partial charge in [0.15, 0.2) is 0 Å². The molecule has 1 amide bonds. The number of nitrogens with two attached hydrogens (primary N) is 1. The number of terminal acetylenes is 1. The van der Waals surface area contributed by atoms with Gasteiger partial charge in [0, 0.05) is 30.7 Å². The van der Waals surface area contributed by atoms with Crippen LogP contribution in [0.5, 0.6) is 5.88 Å². The predicted molar refractivity (Wildman–Crippen MR) is 187 cm³/mol. The molecule has 45 heavy (non-hydrogen) atoms. The molecule has 2 aromatic heterocycles. The number of piperidine rings is 1. The molecular weight excluding hydrogens is 562 g/mol. The number of carbonyl (C=O) groups excluding carboxylic acids is 2. The third-order valence-electron chi connectivity index (χ3n) is 8.36. The van der Waals surface area contributed by atoms with Crippen LogP contribution in [0.15, 0.2) is 36.5 Å². The lowest BCUT2D eigenvalue weighted by Crippen LogP contribution is -2.38. The van der Waals surface area contributed by atoms with Crippen LogP contribution < -0.4 is 10.5 Å². The van der Waals surface area contributed by atoms with Crippen LogP contribution in [0.1, 0.15) is 105 Å². The van der Waals surface area contributed by atoms with Gasteiger partial charge >= 0.3 is 0 Å². The number of aromatic nitrogens is 3. The van der Waals surface area contributed by atoms with Gasteiger partial charge in [-0.1, -0.05) is 51.8 Å². The first-order valence-corrected chi connectivity index (χ1v) is 16.6. The highest BCUT2D eigenvalue weighted by atomic mass is 16.5. The molecule has 3 heterocycles. The van der Waals surface area contributed by atoms with Crippen molar-refractivity contribution < 1.29 is 14.3 Å². The van der Waals surface area contributed by atoms with Crippen LogP contribution in [0, 0.1) is 18.3 Å². The normalized spacial score (nSPS) is 14.3. The van der Waals surface area contributed by atoms with Crippen molar-refractivity contribution in [2.24, 2.45) is 11.1 Å². The van der Waals surface area contributed by atoms with Crippen LogP contribution in [0.4, 0.5) is 0 Å². The third-order valence-corrected chi connectivity index (χ3v) is 8.36. The topological polar surface area (TPSA) is 114 Å². The zero-order valence-electron chi connectivity index (χ0n) is 28.6. The fourth-order valence-corrected chi connectivity index (χ4v) is 5.41. The van der Waals surface area contributed by atoms with E-state index in [0.29, 0.717) is 18.1 Å². The highest BCUT2D eigenvalue weighted by Crippen LogP contribution is 2.53. The van der Waals surface area contributed by atoms with Crippen molar-refractivity contribution in [1.82, 2.24) is 19.9 Å². The SMILES string of the molecule is C#C.CC.CC(C)N1CCC2(CC1)CC2.CCC(=O)CCCCCCc1ncc(-c2cc3ccccc3nc2OC)[nH]1.NC=O. The number of fused-ring (bicyclic) bond motifs is 1. The number of methoxy groups -OCH3 is 1. The molecule has 5 rings (SSSR count). The maximum Gasteiger partial charge on any atom is 0.223 e. The van der Waals surface area contributed by atoms with Crippen LogP contribution in [0.25, 0.3) is 22.2 Å². The molecule has 3 aromatic rings. The molecule has 0 radical (unpaired) electrons. The molecule has 1 spiro atoms. The van der Waals surface area contributed by atoms with Gasteiger partial charge in [-0.05, 0) is 83.0 Å². The molecule has 8 heteroatoms. The van der Waals surface area contributed by atoms with Crippen molar-refractivity contribution in [3.63, 3.8) is 0 Å². The average Bonchev–Trinajstić information content (AvgIpc) is 3.66. The highest BCUT2D eigenvalue weighted by Gasteiger charge is 2.44. The number of benzene rings is 1. The monoisotopic (exact) mass is 619 g/mol. The number of carbonyl (C=O) groups is 2. The Labute approximate surface area is 271 Å². The maximum absolute atomic E-state index is 11.3.